The molecule has 0 unspecified atom stereocenters. The van der Waals surface area contributed by atoms with Crippen LogP contribution in [0.1, 0.15) is 16.2 Å². The highest BCUT2D eigenvalue weighted by atomic mass is 16.5. The van der Waals surface area contributed by atoms with E-state index in [1.807, 2.05) is 38.2 Å². The van der Waals surface area contributed by atoms with Crippen molar-refractivity contribution in [3.8, 4) is 11.4 Å². The van der Waals surface area contributed by atoms with Gasteiger partial charge in [-0.2, -0.15) is 5.10 Å². The molecule has 4 heterocycles. The minimum absolute atomic E-state index is 0.157. The quantitative estimate of drug-likeness (QED) is 0.709. The van der Waals surface area contributed by atoms with Crippen LogP contribution in [0.3, 0.4) is 0 Å². The van der Waals surface area contributed by atoms with Gasteiger partial charge < -0.3 is 15.0 Å². The summed E-state index contributed by atoms with van der Waals surface area (Å²) < 4.78 is 7.05. The predicted molar refractivity (Wildman–Crippen MR) is 103 cm³/mol. The number of hydrogen-bond donors (Lipinski definition) is 2. The van der Waals surface area contributed by atoms with E-state index in [1.54, 1.807) is 4.68 Å². The Morgan fingerprint density at radius 2 is 2.11 bits per heavy atom. The van der Waals surface area contributed by atoms with Crippen LogP contribution in [0.25, 0.3) is 22.4 Å². The van der Waals surface area contributed by atoms with Crippen LogP contribution in [0, 0.1) is 6.92 Å². The molecular weight excluding hydrogens is 344 g/mol. The van der Waals surface area contributed by atoms with Crippen LogP contribution in [-0.2, 0) is 11.8 Å². The van der Waals surface area contributed by atoms with E-state index < -0.39 is 0 Å². The van der Waals surface area contributed by atoms with Gasteiger partial charge in [0, 0.05) is 38.9 Å². The molecule has 0 spiro atoms. The van der Waals surface area contributed by atoms with Gasteiger partial charge in [-0.1, -0.05) is 0 Å². The van der Waals surface area contributed by atoms with Crippen molar-refractivity contribution in [1.82, 2.24) is 30.0 Å². The summed E-state index contributed by atoms with van der Waals surface area (Å²) in [5.41, 5.74) is 5.00. The van der Waals surface area contributed by atoms with Crippen molar-refractivity contribution in [2.24, 2.45) is 7.05 Å². The summed E-state index contributed by atoms with van der Waals surface area (Å²) >= 11 is 0. The fraction of sp³-hybridized carbons (Fsp3) is 0.421. The van der Waals surface area contributed by atoms with Crippen molar-refractivity contribution in [2.45, 2.75) is 6.92 Å². The minimum atomic E-state index is -0.157. The summed E-state index contributed by atoms with van der Waals surface area (Å²) in [5, 5.41) is 7.32. The van der Waals surface area contributed by atoms with E-state index in [4.69, 9.17) is 4.74 Å². The molecule has 0 atom stereocenters. The van der Waals surface area contributed by atoms with Crippen molar-refractivity contribution < 1.29 is 9.53 Å². The summed E-state index contributed by atoms with van der Waals surface area (Å²) in [6.07, 6.45) is 0. The zero-order chi connectivity index (χ0) is 18.8. The standard InChI is InChI=1S/C19H24N6O2/c1-13-3-4-14-15(21-13)11-16(22-14)18-12-17(23-24(18)2)19(26)20-5-6-25-7-9-27-10-8-25/h3-4,11-12,22H,5-10H2,1-2H3,(H,20,26). The Bertz CT molecular complexity index is 954. The molecule has 0 bridgehead atoms. The van der Waals surface area contributed by atoms with Crippen molar-refractivity contribution in [3.63, 3.8) is 0 Å². The molecule has 27 heavy (non-hydrogen) atoms. The third kappa shape index (κ3) is 3.86. The first-order chi connectivity index (χ1) is 13.1. The highest BCUT2D eigenvalue weighted by Crippen LogP contribution is 2.23. The van der Waals surface area contributed by atoms with Gasteiger partial charge in [0.1, 0.15) is 0 Å². The van der Waals surface area contributed by atoms with Crippen LogP contribution in [0.5, 0.6) is 0 Å². The van der Waals surface area contributed by atoms with Crippen LogP contribution >= 0.6 is 0 Å². The number of fused-ring (bicyclic) bond motifs is 1. The van der Waals surface area contributed by atoms with E-state index in [9.17, 15) is 4.79 Å². The number of morpholine rings is 1. The fourth-order valence-electron chi connectivity index (χ4n) is 3.32. The normalized spacial score (nSPS) is 15.3. The molecule has 0 aliphatic carbocycles. The molecule has 1 saturated heterocycles. The average Bonchev–Trinajstić information content (AvgIpc) is 3.25. The van der Waals surface area contributed by atoms with E-state index in [-0.39, 0.29) is 5.91 Å². The largest absolute Gasteiger partial charge is 0.379 e. The van der Waals surface area contributed by atoms with Crippen molar-refractivity contribution in [2.75, 3.05) is 39.4 Å². The Kier molecular flexibility index (Phi) is 4.91. The average molecular weight is 368 g/mol. The second-order valence-corrected chi connectivity index (χ2v) is 6.82. The molecule has 0 saturated carbocycles. The van der Waals surface area contributed by atoms with Gasteiger partial charge in [0.15, 0.2) is 5.69 Å². The lowest BCUT2D eigenvalue weighted by Gasteiger charge is -2.26. The van der Waals surface area contributed by atoms with Crippen LogP contribution in [0.2, 0.25) is 0 Å². The highest BCUT2D eigenvalue weighted by Gasteiger charge is 2.16. The Labute approximate surface area is 157 Å². The van der Waals surface area contributed by atoms with Gasteiger partial charge in [-0.05, 0) is 31.2 Å². The van der Waals surface area contributed by atoms with Gasteiger partial charge in [-0.3, -0.25) is 19.4 Å². The maximum atomic E-state index is 12.4. The SMILES string of the molecule is Cc1ccc2[nH]c(-c3cc(C(=O)NCCN4CCOCC4)nn3C)cc2n1. The Hall–Kier alpha value is -2.71. The number of carbonyl (C=O) groups is 1. The number of aromatic nitrogens is 4. The molecule has 2 N–H and O–H groups in total. The molecule has 3 aromatic heterocycles. The summed E-state index contributed by atoms with van der Waals surface area (Å²) in [6.45, 7) is 6.74. The summed E-state index contributed by atoms with van der Waals surface area (Å²) in [4.78, 5) is 22.6. The molecule has 0 radical (unpaired) electrons. The number of ether oxygens (including phenoxy) is 1. The van der Waals surface area contributed by atoms with Gasteiger partial charge in [-0.25, -0.2) is 0 Å². The van der Waals surface area contributed by atoms with Crippen molar-refractivity contribution >= 4 is 16.9 Å². The number of carbonyl (C=O) groups excluding carboxylic acids is 1. The monoisotopic (exact) mass is 368 g/mol. The van der Waals surface area contributed by atoms with Gasteiger partial charge >= 0.3 is 0 Å². The molecule has 3 aromatic rings. The Morgan fingerprint density at radius 1 is 1.30 bits per heavy atom. The molecule has 0 aromatic carbocycles. The maximum absolute atomic E-state index is 12.4. The van der Waals surface area contributed by atoms with E-state index in [0.29, 0.717) is 12.2 Å². The van der Waals surface area contributed by atoms with Crippen LogP contribution in [0.4, 0.5) is 0 Å². The summed E-state index contributed by atoms with van der Waals surface area (Å²) in [5.74, 6) is -0.157. The maximum Gasteiger partial charge on any atom is 0.271 e. The molecule has 142 valence electrons. The van der Waals surface area contributed by atoms with Gasteiger partial charge in [0.25, 0.3) is 5.91 Å². The Balaban J connectivity index is 1.44. The lowest BCUT2D eigenvalue weighted by molar-refractivity contribution is 0.0383. The number of hydrogen-bond acceptors (Lipinski definition) is 5. The second kappa shape index (κ2) is 7.50. The summed E-state index contributed by atoms with van der Waals surface area (Å²) in [6, 6.07) is 7.77. The number of aromatic amines is 1. The number of rotatable bonds is 5. The minimum Gasteiger partial charge on any atom is -0.379 e. The zero-order valence-corrected chi connectivity index (χ0v) is 15.7. The van der Waals surface area contributed by atoms with Crippen molar-refractivity contribution in [3.05, 3.63) is 35.7 Å². The van der Waals surface area contributed by atoms with Crippen LogP contribution in [-0.4, -0.2) is 69.9 Å². The molecule has 1 aliphatic heterocycles. The van der Waals surface area contributed by atoms with Gasteiger partial charge in [-0.15, -0.1) is 0 Å². The number of nitrogens with zero attached hydrogens (tertiary/aromatic N) is 4. The fourth-order valence-corrected chi connectivity index (χ4v) is 3.32. The number of nitrogens with one attached hydrogen (secondary N) is 2. The van der Waals surface area contributed by atoms with E-state index >= 15 is 0 Å². The van der Waals surface area contributed by atoms with E-state index in [1.165, 1.54) is 0 Å². The summed E-state index contributed by atoms with van der Waals surface area (Å²) in [7, 11) is 1.84. The zero-order valence-electron chi connectivity index (χ0n) is 15.7. The molecule has 8 heteroatoms. The number of H-pyrrole nitrogens is 1. The molecule has 1 aliphatic rings. The van der Waals surface area contributed by atoms with E-state index in [0.717, 1.165) is 61.0 Å². The van der Waals surface area contributed by atoms with Crippen LogP contribution in [0.15, 0.2) is 24.3 Å². The van der Waals surface area contributed by atoms with Gasteiger partial charge in [0.2, 0.25) is 0 Å². The molecule has 4 rings (SSSR count). The Morgan fingerprint density at radius 3 is 2.93 bits per heavy atom. The first-order valence-electron chi connectivity index (χ1n) is 9.19. The first kappa shape index (κ1) is 17.7. The van der Waals surface area contributed by atoms with Crippen molar-refractivity contribution in [1.29, 1.82) is 0 Å². The topological polar surface area (TPSA) is 88.1 Å². The molecule has 1 amide bonds. The molecular formula is C19H24N6O2. The number of pyridine rings is 1. The van der Waals surface area contributed by atoms with Crippen LogP contribution < -0.4 is 5.32 Å². The third-order valence-corrected chi connectivity index (χ3v) is 4.82. The van der Waals surface area contributed by atoms with E-state index in [2.05, 4.69) is 25.3 Å². The first-order valence-corrected chi connectivity index (χ1v) is 9.19. The third-order valence-electron chi connectivity index (χ3n) is 4.82. The van der Waals surface area contributed by atoms with Gasteiger partial charge in [0.05, 0.1) is 35.6 Å². The lowest BCUT2D eigenvalue weighted by Crippen LogP contribution is -2.41. The second-order valence-electron chi connectivity index (χ2n) is 6.82. The highest BCUT2D eigenvalue weighted by molar-refractivity contribution is 5.93. The number of amides is 1. The lowest BCUT2D eigenvalue weighted by atomic mass is 10.2. The molecule has 1 fully saturated rings. The number of aryl methyl sites for hydroxylation is 2. The predicted octanol–water partition coefficient (Wildman–Crippen LogP) is 1.33. The smallest absolute Gasteiger partial charge is 0.271 e. The molecule has 8 nitrogen and oxygen atoms in total.